The molecule has 0 unspecified atom stereocenters. The van der Waals surface area contributed by atoms with Gasteiger partial charge in [0.25, 0.3) is 0 Å². The third-order valence-corrected chi connectivity index (χ3v) is 4.81. The second-order valence-corrected chi connectivity index (χ2v) is 6.73. The number of hydrogen-bond acceptors (Lipinski definition) is 6. The van der Waals surface area contributed by atoms with Crippen LogP contribution >= 0.6 is 0 Å². The van der Waals surface area contributed by atoms with Crippen molar-refractivity contribution in [1.29, 1.82) is 0 Å². The number of carbonyl (C=O) groups is 2. The Morgan fingerprint density at radius 1 is 1.06 bits per heavy atom. The van der Waals surface area contributed by atoms with E-state index in [1.807, 2.05) is 18.2 Å². The zero-order valence-electron chi connectivity index (χ0n) is 17.5. The first-order valence-electron chi connectivity index (χ1n) is 9.94. The molecule has 0 fully saturated rings. The molecule has 6 heteroatoms. The molecule has 0 radical (unpaired) electrons. The zero-order chi connectivity index (χ0) is 22.4. The van der Waals surface area contributed by atoms with Gasteiger partial charge in [-0.3, -0.25) is 4.79 Å². The molecule has 0 aliphatic heterocycles. The molecule has 2 aromatic carbocycles. The standard InChI is InChI=1S/C25H23NO5/c1-4-24(28)30-20-12-7-17(8-13-20)9-14-22(27)21-15-18-10-11-19(26(5-2)6-3)16-23(18)31-25(21)29/h4,7-16H,1,5-6H2,2-3H3. The molecule has 0 saturated heterocycles. The van der Waals surface area contributed by atoms with E-state index in [4.69, 9.17) is 9.15 Å². The summed E-state index contributed by atoms with van der Waals surface area (Å²) in [5, 5.41) is 0.681. The van der Waals surface area contributed by atoms with E-state index in [-0.39, 0.29) is 5.56 Å². The van der Waals surface area contributed by atoms with Gasteiger partial charge in [0.15, 0.2) is 5.78 Å². The average molecular weight is 417 g/mol. The fourth-order valence-corrected chi connectivity index (χ4v) is 3.12. The number of carbonyl (C=O) groups excluding carboxylic acids is 2. The Balaban J connectivity index is 1.81. The first-order chi connectivity index (χ1) is 14.9. The van der Waals surface area contributed by atoms with Gasteiger partial charge in [0.05, 0.1) is 0 Å². The third-order valence-electron chi connectivity index (χ3n) is 4.81. The number of ketones is 1. The van der Waals surface area contributed by atoms with Crippen molar-refractivity contribution in [2.75, 3.05) is 18.0 Å². The molecule has 158 valence electrons. The summed E-state index contributed by atoms with van der Waals surface area (Å²) in [6.07, 6.45) is 3.97. The monoisotopic (exact) mass is 417 g/mol. The van der Waals surface area contributed by atoms with Crippen molar-refractivity contribution in [1.82, 2.24) is 0 Å². The second kappa shape index (κ2) is 9.71. The average Bonchev–Trinajstić information content (AvgIpc) is 2.78. The highest BCUT2D eigenvalue weighted by atomic mass is 16.5. The lowest BCUT2D eigenvalue weighted by atomic mass is 10.1. The molecule has 0 amide bonds. The van der Waals surface area contributed by atoms with Crippen LogP contribution in [0.5, 0.6) is 5.75 Å². The molecule has 0 bridgehead atoms. The van der Waals surface area contributed by atoms with Gasteiger partial charge in [-0.05, 0) is 55.8 Å². The highest BCUT2D eigenvalue weighted by molar-refractivity contribution is 6.07. The van der Waals surface area contributed by atoms with E-state index in [1.165, 1.54) is 6.08 Å². The lowest BCUT2D eigenvalue weighted by Gasteiger charge is -2.20. The predicted molar refractivity (Wildman–Crippen MR) is 122 cm³/mol. The molecule has 31 heavy (non-hydrogen) atoms. The van der Waals surface area contributed by atoms with Crippen LogP contribution in [-0.2, 0) is 4.79 Å². The minimum atomic E-state index is -0.675. The number of allylic oxidation sites excluding steroid dienone is 1. The Morgan fingerprint density at radius 3 is 2.42 bits per heavy atom. The number of fused-ring (bicyclic) bond motifs is 1. The van der Waals surface area contributed by atoms with Gasteiger partial charge in [-0.1, -0.05) is 24.8 Å². The van der Waals surface area contributed by atoms with E-state index in [2.05, 4.69) is 25.3 Å². The zero-order valence-corrected chi connectivity index (χ0v) is 17.5. The topological polar surface area (TPSA) is 76.8 Å². The van der Waals surface area contributed by atoms with Crippen LogP contribution in [0.4, 0.5) is 5.69 Å². The van der Waals surface area contributed by atoms with E-state index in [0.29, 0.717) is 22.3 Å². The summed E-state index contributed by atoms with van der Waals surface area (Å²) in [5.74, 6) is -0.635. The van der Waals surface area contributed by atoms with Gasteiger partial charge in [0.2, 0.25) is 0 Å². The smallest absolute Gasteiger partial charge is 0.347 e. The largest absolute Gasteiger partial charge is 0.423 e. The fourth-order valence-electron chi connectivity index (χ4n) is 3.12. The molecule has 0 spiro atoms. The Bertz CT molecular complexity index is 1200. The first-order valence-corrected chi connectivity index (χ1v) is 9.94. The van der Waals surface area contributed by atoms with Crippen molar-refractivity contribution in [3.63, 3.8) is 0 Å². The molecule has 3 aromatic rings. The summed E-state index contributed by atoms with van der Waals surface area (Å²) in [6.45, 7) is 9.13. The summed E-state index contributed by atoms with van der Waals surface area (Å²) < 4.78 is 10.4. The van der Waals surface area contributed by atoms with Gasteiger partial charge in [-0.15, -0.1) is 0 Å². The molecule has 0 atom stereocenters. The first kappa shape index (κ1) is 21.8. The molecule has 0 aliphatic rings. The summed E-state index contributed by atoms with van der Waals surface area (Å²) in [6, 6.07) is 13.7. The predicted octanol–water partition coefficient (Wildman–Crippen LogP) is 4.63. The van der Waals surface area contributed by atoms with Crippen molar-refractivity contribution in [3.8, 4) is 5.75 Å². The van der Waals surface area contributed by atoms with Gasteiger partial charge < -0.3 is 14.1 Å². The number of anilines is 1. The lowest BCUT2D eigenvalue weighted by molar-refractivity contribution is -0.128. The molecule has 0 aliphatic carbocycles. The van der Waals surface area contributed by atoms with E-state index < -0.39 is 17.4 Å². The molecule has 0 N–H and O–H groups in total. The molecule has 3 rings (SSSR count). The molecule has 6 nitrogen and oxygen atoms in total. The lowest BCUT2D eigenvalue weighted by Crippen LogP contribution is -2.21. The van der Waals surface area contributed by atoms with Crippen LogP contribution in [0.2, 0.25) is 0 Å². The van der Waals surface area contributed by atoms with E-state index in [0.717, 1.165) is 24.9 Å². The Kier molecular flexibility index (Phi) is 6.82. The van der Waals surface area contributed by atoms with Crippen LogP contribution in [0.1, 0.15) is 29.8 Å². The Labute approximate surface area is 180 Å². The SMILES string of the molecule is C=CC(=O)Oc1ccc(C=CC(=O)c2cc3ccc(N(CC)CC)cc3oc2=O)cc1. The van der Waals surface area contributed by atoms with Crippen LogP contribution in [0.15, 0.2) is 76.5 Å². The maximum Gasteiger partial charge on any atom is 0.347 e. The fraction of sp³-hybridized carbons (Fsp3) is 0.160. The molecule has 0 saturated carbocycles. The van der Waals surface area contributed by atoms with Crippen molar-refractivity contribution in [3.05, 3.63) is 88.8 Å². The summed E-state index contributed by atoms with van der Waals surface area (Å²) in [5.41, 5.74) is 1.41. The quantitative estimate of drug-likeness (QED) is 0.175. The Hall–Kier alpha value is -3.93. The number of esters is 1. The van der Waals surface area contributed by atoms with Crippen molar-refractivity contribution in [2.45, 2.75) is 13.8 Å². The number of ether oxygens (including phenoxy) is 1. The van der Waals surface area contributed by atoms with Crippen LogP contribution in [0.3, 0.4) is 0 Å². The number of nitrogens with zero attached hydrogens (tertiary/aromatic N) is 1. The van der Waals surface area contributed by atoms with Gasteiger partial charge in [0.1, 0.15) is 16.9 Å². The van der Waals surface area contributed by atoms with Crippen LogP contribution in [0.25, 0.3) is 17.0 Å². The number of rotatable bonds is 8. The number of hydrogen-bond donors (Lipinski definition) is 0. The Morgan fingerprint density at radius 2 is 1.77 bits per heavy atom. The van der Waals surface area contributed by atoms with Crippen LogP contribution < -0.4 is 15.3 Å². The molecular formula is C25H23NO5. The molecular weight excluding hydrogens is 394 g/mol. The third kappa shape index (κ3) is 5.17. The number of benzene rings is 2. The maximum absolute atomic E-state index is 12.6. The normalized spacial score (nSPS) is 10.9. The molecule has 1 aromatic heterocycles. The second-order valence-electron chi connectivity index (χ2n) is 6.73. The summed E-state index contributed by atoms with van der Waals surface area (Å²) in [4.78, 5) is 38.3. The van der Waals surface area contributed by atoms with Crippen molar-refractivity contribution in [2.24, 2.45) is 0 Å². The van der Waals surface area contributed by atoms with Crippen molar-refractivity contribution < 1.29 is 18.7 Å². The highest BCUT2D eigenvalue weighted by Gasteiger charge is 2.13. The maximum atomic E-state index is 12.6. The van der Waals surface area contributed by atoms with Gasteiger partial charge in [-0.2, -0.15) is 0 Å². The minimum absolute atomic E-state index is 0.0316. The summed E-state index contributed by atoms with van der Waals surface area (Å²) in [7, 11) is 0. The molecule has 1 heterocycles. The van der Waals surface area contributed by atoms with Gasteiger partial charge in [-0.25, -0.2) is 9.59 Å². The van der Waals surface area contributed by atoms with E-state index in [9.17, 15) is 14.4 Å². The van der Waals surface area contributed by atoms with Crippen molar-refractivity contribution >= 4 is 34.5 Å². The van der Waals surface area contributed by atoms with Gasteiger partial charge >= 0.3 is 11.6 Å². The van der Waals surface area contributed by atoms with Crippen LogP contribution in [0, 0.1) is 0 Å². The van der Waals surface area contributed by atoms with E-state index >= 15 is 0 Å². The van der Waals surface area contributed by atoms with E-state index in [1.54, 1.807) is 36.4 Å². The van der Waals surface area contributed by atoms with Crippen LogP contribution in [-0.4, -0.2) is 24.8 Å². The summed E-state index contributed by atoms with van der Waals surface area (Å²) >= 11 is 0. The minimum Gasteiger partial charge on any atom is -0.423 e. The van der Waals surface area contributed by atoms with Gasteiger partial charge in [0, 0.05) is 36.3 Å². The highest BCUT2D eigenvalue weighted by Crippen LogP contribution is 2.22.